The van der Waals surface area contributed by atoms with E-state index in [2.05, 4.69) is 6.92 Å². The smallest absolute Gasteiger partial charge is 0.306 e. The largest absolute Gasteiger partial charge is 0.466 e. The number of halogens is 1. The Morgan fingerprint density at radius 3 is 1.91 bits per heavy atom. The first-order valence-electron chi connectivity index (χ1n) is 8.51. The summed E-state index contributed by atoms with van der Waals surface area (Å²) < 4.78 is 9.96. The zero-order chi connectivity index (χ0) is 16.6. The number of hydrogen-bond acceptors (Lipinski definition) is 4. The molecular weight excluding hydrogens is 304 g/mol. The van der Waals surface area contributed by atoms with E-state index in [1.807, 2.05) is 0 Å². The molecule has 0 radical (unpaired) electrons. The molecule has 0 aliphatic rings. The van der Waals surface area contributed by atoms with Crippen molar-refractivity contribution in [2.45, 2.75) is 83.4 Å². The van der Waals surface area contributed by atoms with Gasteiger partial charge in [-0.3, -0.25) is 9.59 Å². The van der Waals surface area contributed by atoms with Crippen LogP contribution in [0.3, 0.4) is 0 Å². The topological polar surface area (TPSA) is 52.6 Å². The molecule has 1 unspecified atom stereocenters. The molecule has 5 heteroatoms. The quantitative estimate of drug-likeness (QED) is 0.264. The summed E-state index contributed by atoms with van der Waals surface area (Å²) in [5.74, 6) is -0.740. The minimum atomic E-state index is -0.406. The molecule has 0 aromatic carbocycles. The van der Waals surface area contributed by atoms with Gasteiger partial charge in [-0.05, 0) is 13.3 Å². The molecule has 1 atom stereocenters. The van der Waals surface area contributed by atoms with Crippen LogP contribution < -0.4 is 0 Å². The number of hydrogen-bond donors (Lipinski definition) is 0. The molecule has 0 saturated carbocycles. The van der Waals surface area contributed by atoms with Gasteiger partial charge in [-0.2, -0.15) is 0 Å². The summed E-state index contributed by atoms with van der Waals surface area (Å²) in [6.07, 6.45) is 9.80. The lowest BCUT2D eigenvalue weighted by Crippen LogP contribution is -2.14. The molecule has 0 spiro atoms. The second-order valence-electron chi connectivity index (χ2n) is 5.66. The van der Waals surface area contributed by atoms with Gasteiger partial charge in [-0.1, -0.05) is 51.9 Å². The van der Waals surface area contributed by atoms with E-state index in [0.717, 1.165) is 12.8 Å². The van der Waals surface area contributed by atoms with E-state index in [0.29, 0.717) is 6.61 Å². The highest BCUT2D eigenvalue weighted by Gasteiger charge is 2.10. The van der Waals surface area contributed by atoms with Crippen LogP contribution in [0.15, 0.2) is 0 Å². The van der Waals surface area contributed by atoms with E-state index < -0.39 is 5.97 Å². The lowest BCUT2D eigenvalue weighted by molar-refractivity contribution is -0.150. The lowest BCUT2D eigenvalue weighted by Gasteiger charge is -2.06. The molecule has 22 heavy (non-hydrogen) atoms. The molecular formula is C17H31ClO4. The van der Waals surface area contributed by atoms with E-state index in [9.17, 15) is 9.59 Å². The monoisotopic (exact) mass is 334 g/mol. The average molecular weight is 335 g/mol. The number of carbonyl (C=O) groups excluding carboxylic acids is 2. The zero-order valence-electron chi connectivity index (χ0n) is 14.1. The summed E-state index contributed by atoms with van der Waals surface area (Å²) in [7, 11) is 0. The van der Waals surface area contributed by atoms with E-state index in [4.69, 9.17) is 21.1 Å². The van der Waals surface area contributed by atoms with Crippen molar-refractivity contribution in [2.75, 3.05) is 13.2 Å². The Labute approximate surface area is 139 Å². The third-order valence-electron chi connectivity index (χ3n) is 3.27. The fraction of sp³-hybridized carbons (Fsp3) is 0.882. The van der Waals surface area contributed by atoms with Gasteiger partial charge in [-0.25, -0.2) is 0 Å². The first kappa shape index (κ1) is 21.2. The SMILES string of the molecule is CCCCCCCCCCOC(=O)CCC(=O)OCC(C)Cl. The number of rotatable bonds is 14. The Bertz CT molecular complexity index is 292. The van der Waals surface area contributed by atoms with Crippen molar-refractivity contribution in [3.8, 4) is 0 Å². The fourth-order valence-electron chi connectivity index (χ4n) is 1.98. The van der Waals surface area contributed by atoms with Gasteiger partial charge in [0.2, 0.25) is 0 Å². The van der Waals surface area contributed by atoms with Gasteiger partial charge in [-0.15, -0.1) is 11.6 Å². The van der Waals surface area contributed by atoms with Crippen molar-refractivity contribution in [3.05, 3.63) is 0 Å². The Hall–Kier alpha value is -0.770. The van der Waals surface area contributed by atoms with Crippen molar-refractivity contribution < 1.29 is 19.1 Å². The number of ether oxygens (including phenoxy) is 2. The predicted molar refractivity (Wildman–Crippen MR) is 89.1 cm³/mol. The summed E-state index contributed by atoms with van der Waals surface area (Å²) in [6.45, 7) is 4.58. The molecule has 0 saturated heterocycles. The number of alkyl halides is 1. The number of carbonyl (C=O) groups is 2. The van der Waals surface area contributed by atoms with Gasteiger partial charge in [0.15, 0.2) is 0 Å². The molecule has 0 N–H and O–H groups in total. The van der Waals surface area contributed by atoms with E-state index in [1.54, 1.807) is 6.92 Å². The Balaban J connectivity index is 3.34. The fourth-order valence-corrected chi connectivity index (χ4v) is 2.04. The number of esters is 2. The van der Waals surface area contributed by atoms with Gasteiger partial charge in [0.1, 0.15) is 6.61 Å². The second-order valence-corrected chi connectivity index (χ2v) is 6.40. The predicted octanol–water partition coefficient (Wildman–Crippen LogP) is 4.62. The lowest BCUT2D eigenvalue weighted by atomic mass is 10.1. The van der Waals surface area contributed by atoms with Crippen LogP contribution in [0.1, 0.15) is 78.1 Å². The Morgan fingerprint density at radius 2 is 1.36 bits per heavy atom. The number of unbranched alkanes of at least 4 members (excludes halogenated alkanes) is 7. The molecule has 130 valence electrons. The van der Waals surface area contributed by atoms with Crippen LogP contribution in [0, 0.1) is 0 Å². The van der Waals surface area contributed by atoms with Crippen molar-refractivity contribution in [1.82, 2.24) is 0 Å². The molecule has 0 aliphatic carbocycles. The second kappa shape index (κ2) is 15.1. The minimum Gasteiger partial charge on any atom is -0.466 e. The van der Waals surface area contributed by atoms with Gasteiger partial charge in [0, 0.05) is 0 Å². The Kier molecular flexibility index (Phi) is 14.6. The highest BCUT2D eigenvalue weighted by Crippen LogP contribution is 2.08. The maximum Gasteiger partial charge on any atom is 0.306 e. The summed E-state index contributed by atoms with van der Waals surface area (Å²) >= 11 is 5.66. The van der Waals surface area contributed by atoms with E-state index in [-0.39, 0.29) is 30.8 Å². The highest BCUT2D eigenvalue weighted by molar-refractivity contribution is 6.20. The van der Waals surface area contributed by atoms with Crippen molar-refractivity contribution in [1.29, 1.82) is 0 Å². The molecule has 0 rings (SSSR count). The van der Waals surface area contributed by atoms with E-state index >= 15 is 0 Å². The van der Waals surface area contributed by atoms with Crippen LogP contribution in [0.4, 0.5) is 0 Å². The molecule has 0 aliphatic heterocycles. The van der Waals surface area contributed by atoms with Crippen LogP contribution in [0.5, 0.6) is 0 Å². The Morgan fingerprint density at radius 1 is 0.864 bits per heavy atom. The van der Waals surface area contributed by atoms with Gasteiger partial charge in [0.25, 0.3) is 0 Å². The van der Waals surface area contributed by atoms with Crippen molar-refractivity contribution >= 4 is 23.5 Å². The van der Waals surface area contributed by atoms with Gasteiger partial charge < -0.3 is 9.47 Å². The van der Waals surface area contributed by atoms with Crippen molar-refractivity contribution in [3.63, 3.8) is 0 Å². The maximum absolute atomic E-state index is 11.4. The first-order chi connectivity index (χ1) is 10.6. The van der Waals surface area contributed by atoms with E-state index in [1.165, 1.54) is 38.5 Å². The normalized spacial score (nSPS) is 12.0. The summed E-state index contributed by atoms with van der Waals surface area (Å²) in [6, 6.07) is 0. The third kappa shape index (κ3) is 15.6. The molecule has 0 amide bonds. The van der Waals surface area contributed by atoms with Crippen LogP contribution in [0.2, 0.25) is 0 Å². The third-order valence-corrected chi connectivity index (χ3v) is 3.39. The summed E-state index contributed by atoms with van der Waals surface area (Å²) in [5, 5.41) is -0.210. The molecule has 0 aromatic rings. The van der Waals surface area contributed by atoms with Crippen LogP contribution in [-0.2, 0) is 19.1 Å². The maximum atomic E-state index is 11.4. The molecule has 0 heterocycles. The summed E-state index contributed by atoms with van der Waals surface area (Å²) in [4.78, 5) is 22.7. The zero-order valence-corrected chi connectivity index (χ0v) is 14.8. The summed E-state index contributed by atoms with van der Waals surface area (Å²) in [5.41, 5.74) is 0. The molecule has 0 aromatic heterocycles. The van der Waals surface area contributed by atoms with Gasteiger partial charge >= 0.3 is 11.9 Å². The van der Waals surface area contributed by atoms with Crippen LogP contribution in [0.25, 0.3) is 0 Å². The average Bonchev–Trinajstić information content (AvgIpc) is 2.49. The molecule has 4 nitrogen and oxygen atoms in total. The highest BCUT2D eigenvalue weighted by atomic mass is 35.5. The minimum absolute atomic E-state index is 0.0554. The molecule has 0 bridgehead atoms. The van der Waals surface area contributed by atoms with Crippen LogP contribution in [-0.4, -0.2) is 30.5 Å². The standard InChI is InChI=1S/C17H31ClO4/c1-3-4-5-6-7-8-9-10-13-21-16(19)11-12-17(20)22-14-15(2)18/h15H,3-14H2,1-2H3. The molecule has 0 fully saturated rings. The van der Waals surface area contributed by atoms with Crippen LogP contribution >= 0.6 is 11.6 Å². The van der Waals surface area contributed by atoms with Gasteiger partial charge in [0.05, 0.1) is 24.8 Å². The first-order valence-corrected chi connectivity index (χ1v) is 8.95. The van der Waals surface area contributed by atoms with Crippen molar-refractivity contribution in [2.24, 2.45) is 0 Å².